The highest BCUT2D eigenvalue weighted by atomic mass is 16.5. The molecular weight excluding hydrogens is 616 g/mol. The number of allylic oxidation sites excluding steroid dienone is 2. The van der Waals surface area contributed by atoms with Crippen molar-refractivity contribution in [2.75, 3.05) is 39.4 Å². The van der Waals surface area contributed by atoms with Crippen LogP contribution in [0, 0.1) is 59.2 Å². The third-order valence-electron chi connectivity index (χ3n) is 7.78. The number of nitriles is 4. The Morgan fingerprint density at radius 1 is 0.612 bits per heavy atom. The quantitative estimate of drug-likeness (QED) is 0.0872. The molecule has 2 aromatic carbocycles. The maximum atomic E-state index is 12.0. The van der Waals surface area contributed by atoms with Crippen LogP contribution in [0.3, 0.4) is 0 Å². The molecule has 0 spiro atoms. The fourth-order valence-corrected chi connectivity index (χ4v) is 5.00. The van der Waals surface area contributed by atoms with Gasteiger partial charge in [0.2, 0.25) is 0 Å². The molecule has 2 N–H and O–H groups in total. The van der Waals surface area contributed by atoms with E-state index in [1.54, 1.807) is 12.2 Å². The number of nitrogens with one attached hydrogen (secondary N) is 2. The lowest BCUT2D eigenvalue weighted by Crippen LogP contribution is -2.23. The molecule has 0 fully saturated rings. The first-order chi connectivity index (χ1) is 23.8. The van der Waals surface area contributed by atoms with Gasteiger partial charge in [0.25, 0.3) is 0 Å². The summed E-state index contributed by atoms with van der Waals surface area (Å²) in [6, 6.07) is 19.4. The van der Waals surface area contributed by atoms with Crippen LogP contribution in [0.1, 0.15) is 78.3 Å². The second-order valence-electron chi connectivity index (χ2n) is 11.7. The molecule has 0 aromatic heterocycles. The topological polar surface area (TPSA) is 172 Å². The van der Waals surface area contributed by atoms with Crippen LogP contribution in [-0.2, 0) is 31.9 Å². The maximum Gasteiger partial charge on any atom is 0.305 e. The lowest BCUT2D eigenvalue weighted by atomic mass is 10.0. The van der Waals surface area contributed by atoms with E-state index in [0.717, 1.165) is 91.4 Å². The third kappa shape index (κ3) is 16.9. The predicted octanol–water partition coefficient (Wildman–Crippen LogP) is 5.95. The number of rotatable bonds is 22. The molecule has 0 unspecified atom stereocenters. The Hall–Kier alpha value is -5.26. The summed E-state index contributed by atoms with van der Waals surface area (Å²) in [6.07, 6.45) is 9.89. The monoisotopic (exact) mass is 662 g/mol. The van der Waals surface area contributed by atoms with Crippen molar-refractivity contribution >= 4 is 24.1 Å². The number of aryl methyl sites for hydroxylation is 2. The molecule has 2 aromatic rings. The highest BCUT2D eigenvalue weighted by Gasteiger charge is 2.06. The lowest BCUT2D eigenvalue weighted by molar-refractivity contribution is -0.144. The van der Waals surface area contributed by atoms with E-state index in [-0.39, 0.29) is 23.1 Å². The molecule has 0 amide bonds. The van der Waals surface area contributed by atoms with Crippen molar-refractivity contribution in [1.29, 1.82) is 21.0 Å². The van der Waals surface area contributed by atoms with Crippen LogP contribution < -0.4 is 10.6 Å². The number of carbonyl (C=O) groups excluding carboxylic acids is 2. The van der Waals surface area contributed by atoms with E-state index >= 15 is 0 Å². The fourth-order valence-electron chi connectivity index (χ4n) is 5.00. The van der Waals surface area contributed by atoms with Crippen molar-refractivity contribution in [2.24, 2.45) is 0 Å². The smallest absolute Gasteiger partial charge is 0.305 e. The van der Waals surface area contributed by atoms with E-state index in [2.05, 4.69) is 10.6 Å². The summed E-state index contributed by atoms with van der Waals surface area (Å²) >= 11 is 0. The van der Waals surface area contributed by atoms with Gasteiger partial charge in [-0.25, -0.2) is 0 Å². The zero-order valence-electron chi connectivity index (χ0n) is 28.6. The van der Waals surface area contributed by atoms with E-state index < -0.39 is 0 Å². The SMILES string of the molecule is Cc1cc(CCNCCOC(=O)CCCCCCCC(=O)OCCNCCc2ccc(C=C(C#N)C#N)c(C)c2)ccc1C=C(C#N)C#N. The molecule has 10 heteroatoms. The average Bonchev–Trinajstić information content (AvgIpc) is 3.10. The number of carbonyl (C=O) groups is 2. The summed E-state index contributed by atoms with van der Waals surface area (Å²) in [5, 5.41) is 42.3. The van der Waals surface area contributed by atoms with Crippen molar-refractivity contribution < 1.29 is 19.1 Å². The predicted molar refractivity (Wildman–Crippen MR) is 188 cm³/mol. The summed E-state index contributed by atoms with van der Waals surface area (Å²) in [6.45, 7) is 7.20. The Bertz CT molecular complexity index is 1470. The van der Waals surface area contributed by atoms with Gasteiger partial charge in [-0.1, -0.05) is 55.7 Å². The van der Waals surface area contributed by atoms with E-state index in [9.17, 15) is 9.59 Å². The average molecular weight is 663 g/mol. The maximum absolute atomic E-state index is 12.0. The van der Waals surface area contributed by atoms with Gasteiger partial charge in [-0.2, -0.15) is 21.0 Å². The molecule has 0 aliphatic rings. The first-order valence-corrected chi connectivity index (χ1v) is 16.7. The van der Waals surface area contributed by atoms with Crippen molar-refractivity contribution in [1.82, 2.24) is 10.6 Å². The van der Waals surface area contributed by atoms with E-state index in [4.69, 9.17) is 30.5 Å². The summed E-state index contributed by atoms with van der Waals surface area (Å²) in [5.74, 6) is -0.389. The van der Waals surface area contributed by atoms with Gasteiger partial charge in [-0.15, -0.1) is 0 Å². The zero-order valence-corrected chi connectivity index (χ0v) is 28.6. The fraction of sp³-hybridized carbons (Fsp3) is 0.436. The van der Waals surface area contributed by atoms with Crippen molar-refractivity contribution in [3.05, 3.63) is 80.9 Å². The largest absolute Gasteiger partial charge is 0.464 e. The minimum Gasteiger partial charge on any atom is -0.464 e. The number of esters is 2. The minimum absolute atomic E-state index is 0.0805. The Labute approximate surface area is 290 Å². The molecule has 0 bridgehead atoms. The lowest BCUT2D eigenvalue weighted by Gasteiger charge is -2.09. The van der Waals surface area contributed by atoms with E-state index in [1.807, 2.05) is 74.5 Å². The Kier molecular flexibility index (Phi) is 19.5. The molecule has 0 aliphatic carbocycles. The molecule has 0 aliphatic heterocycles. The van der Waals surface area contributed by atoms with Gasteiger partial charge in [0, 0.05) is 25.9 Å². The van der Waals surface area contributed by atoms with Crippen LogP contribution >= 0.6 is 0 Å². The molecule has 0 atom stereocenters. The second kappa shape index (κ2) is 24.0. The first kappa shape index (κ1) is 39.9. The van der Waals surface area contributed by atoms with E-state index in [1.165, 1.54) is 0 Å². The molecule has 2 rings (SSSR count). The molecule has 0 radical (unpaired) electrons. The number of nitrogens with zero attached hydrogens (tertiary/aromatic N) is 4. The molecule has 49 heavy (non-hydrogen) atoms. The third-order valence-corrected chi connectivity index (χ3v) is 7.78. The van der Waals surface area contributed by atoms with Crippen molar-refractivity contribution in [2.45, 2.75) is 71.6 Å². The molecule has 256 valence electrons. The minimum atomic E-state index is -0.195. The Morgan fingerprint density at radius 3 is 1.37 bits per heavy atom. The van der Waals surface area contributed by atoms with Crippen molar-refractivity contribution in [3.8, 4) is 24.3 Å². The summed E-state index contributed by atoms with van der Waals surface area (Å²) < 4.78 is 10.6. The van der Waals surface area contributed by atoms with Gasteiger partial charge in [-0.05, 0) is 98.2 Å². The van der Waals surface area contributed by atoms with Crippen LogP contribution in [0.15, 0.2) is 47.5 Å². The van der Waals surface area contributed by atoms with Crippen LogP contribution in [-0.4, -0.2) is 51.3 Å². The van der Waals surface area contributed by atoms with Gasteiger partial charge in [-0.3, -0.25) is 9.59 Å². The van der Waals surface area contributed by atoms with Gasteiger partial charge in [0.1, 0.15) is 48.6 Å². The normalized spacial score (nSPS) is 10.1. The molecule has 10 nitrogen and oxygen atoms in total. The van der Waals surface area contributed by atoms with Crippen LogP contribution in [0.5, 0.6) is 0 Å². The van der Waals surface area contributed by atoms with Gasteiger partial charge < -0.3 is 20.1 Å². The standard InChI is InChI=1S/C39H46N6O4/c1-30-22-32(10-12-36(30)24-34(26-40)27-41)14-16-44-18-20-48-38(46)8-6-4-3-5-7-9-39(47)49-21-19-45-17-15-33-11-13-37(31(2)23-33)25-35(28-42)29-43/h10-13,22-25,44-45H,3-9,14-21H2,1-2H3. The number of unbranched alkanes of at least 4 members (excludes halogenated alkanes) is 4. The first-order valence-electron chi connectivity index (χ1n) is 16.7. The number of ether oxygens (including phenoxy) is 2. The number of hydrogen-bond donors (Lipinski definition) is 2. The molecule has 0 heterocycles. The highest BCUT2D eigenvalue weighted by Crippen LogP contribution is 2.16. The van der Waals surface area contributed by atoms with Crippen LogP contribution in [0.25, 0.3) is 12.2 Å². The van der Waals surface area contributed by atoms with Crippen LogP contribution in [0.2, 0.25) is 0 Å². The van der Waals surface area contributed by atoms with Gasteiger partial charge in [0.15, 0.2) is 0 Å². The summed E-state index contributed by atoms with van der Waals surface area (Å²) in [7, 11) is 0. The van der Waals surface area contributed by atoms with Gasteiger partial charge >= 0.3 is 11.9 Å². The molecule has 0 saturated carbocycles. The Morgan fingerprint density at radius 2 is 1.00 bits per heavy atom. The molecular formula is C39H46N6O4. The summed E-state index contributed by atoms with van der Waals surface area (Å²) in [5.41, 5.74) is 6.17. The molecule has 0 saturated heterocycles. The number of hydrogen-bond acceptors (Lipinski definition) is 10. The summed E-state index contributed by atoms with van der Waals surface area (Å²) in [4.78, 5) is 24.0. The Balaban J connectivity index is 1.42. The highest BCUT2D eigenvalue weighted by molar-refractivity contribution is 5.69. The van der Waals surface area contributed by atoms with E-state index in [0.29, 0.717) is 39.1 Å². The number of benzene rings is 2. The van der Waals surface area contributed by atoms with Crippen LogP contribution in [0.4, 0.5) is 0 Å². The van der Waals surface area contributed by atoms with Crippen molar-refractivity contribution in [3.63, 3.8) is 0 Å². The zero-order chi connectivity index (χ0) is 35.7. The van der Waals surface area contributed by atoms with Gasteiger partial charge in [0.05, 0.1) is 0 Å². The second-order valence-corrected chi connectivity index (χ2v) is 11.7.